The topological polar surface area (TPSA) is 8.17 Å². The number of hydrogen-bond acceptors (Lipinski definition) is 1. The van der Waals surface area contributed by atoms with Gasteiger partial charge in [-0.2, -0.15) is 0 Å². The minimum atomic E-state index is 1.07. The minimum Gasteiger partial charge on any atom is -0.310 e. The molecule has 1 heterocycles. The van der Waals surface area contributed by atoms with Crippen LogP contribution in [-0.2, 0) is 0 Å². The number of fused-ring (bicyclic) bond motifs is 3. The standard InChI is InChI=1S/C60H42N2/c1-3-20-43(21-4-1)49-26-7-8-27-50(49)45-38-40-46(41-39-45)61(47-24-19-25-48(42-47)62-59-36-17-14-33-56(59)57-34-15-18-37-60(57)62)58-35-16-13-32-55(58)54-31-12-11-30-53(54)52-29-10-9-28-51(52)44-22-5-2-6-23-44/h1-42H. The fourth-order valence-corrected chi connectivity index (χ4v) is 9.23. The molecule has 0 aliphatic heterocycles. The predicted octanol–water partition coefficient (Wildman–Crippen LogP) is 16.6. The van der Waals surface area contributed by atoms with Crippen LogP contribution in [0.2, 0.25) is 0 Å². The Labute approximate surface area is 362 Å². The summed E-state index contributed by atoms with van der Waals surface area (Å²) in [6.45, 7) is 0. The molecular formula is C60H42N2. The molecule has 0 N–H and O–H groups in total. The summed E-state index contributed by atoms with van der Waals surface area (Å²) in [4.78, 5) is 2.43. The SMILES string of the molecule is c1ccc(-c2ccccc2-c2ccc(N(c3cccc(-n4c5ccccc5c5ccccc54)c3)c3ccccc3-c3ccccc3-c3ccccc3-c3ccccc3)cc2)cc1. The van der Waals surface area contributed by atoms with Gasteiger partial charge in [0.1, 0.15) is 0 Å². The van der Waals surface area contributed by atoms with Crippen molar-refractivity contribution in [1.82, 2.24) is 4.57 Å². The first-order valence-electron chi connectivity index (χ1n) is 21.3. The lowest BCUT2D eigenvalue weighted by atomic mass is 9.88. The Morgan fingerprint density at radius 1 is 0.258 bits per heavy atom. The summed E-state index contributed by atoms with van der Waals surface area (Å²) < 4.78 is 2.40. The van der Waals surface area contributed by atoms with Gasteiger partial charge in [0.25, 0.3) is 0 Å². The fraction of sp³-hybridized carbons (Fsp3) is 0. The molecule has 0 bridgehead atoms. The van der Waals surface area contributed by atoms with Gasteiger partial charge in [0, 0.05) is 33.4 Å². The molecule has 0 aliphatic carbocycles. The van der Waals surface area contributed by atoms with E-state index < -0.39 is 0 Å². The van der Waals surface area contributed by atoms with Crippen molar-refractivity contribution in [3.05, 3.63) is 255 Å². The average molecular weight is 791 g/mol. The van der Waals surface area contributed by atoms with E-state index in [2.05, 4.69) is 264 Å². The molecule has 0 fully saturated rings. The van der Waals surface area contributed by atoms with Crippen LogP contribution in [0.25, 0.3) is 83.1 Å². The summed E-state index contributed by atoms with van der Waals surface area (Å²) in [6, 6.07) is 92.1. The second-order valence-corrected chi connectivity index (χ2v) is 15.7. The summed E-state index contributed by atoms with van der Waals surface area (Å²) >= 11 is 0. The molecule has 292 valence electrons. The second kappa shape index (κ2) is 16.1. The van der Waals surface area contributed by atoms with E-state index in [9.17, 15) is 0 Å². The van der Waals surface area contributed by atoms with Crippen LogP contribution in [0.15, 0.2) is 255 Å². The van der Waals surface area contributed by atoms with Gasteiger partial charge in [0.15, 0.2) is 0 Å². The smallest absolute Gasteiger partial charge is 0.0541 e. The summed E-state index contributed by atoms with van der Waals surface area (Å²) in [7, 11) is 0. The Morgan fingerprint density at radius 2 is 0.661 bits per heavy atom. The highest BCUT2D eigenvalue weighted by Crippen LogP contribution is 2.46. The lowest BCUT2D eigenvalue weighted by Crippen LogP contribution is -2.12. The maximum absolute atomic E-state index is 2.43. The average Bonchev–Trinajstić information content (AvgIpc) is 3.70. The van der Waals surface area contributed by atoms with Crippen LogP contribution < -0.4 is 4.90 Å². The van der Waals surface area contributed by atoms with Gasteiger partial charge in [-0.15, -0.1) is 0 Å². The summed E-state index contributed by atoms with van der Waals surface area (Å²) in [5, 5.41) is 2.49. The molecule has 11 rings (SSSR count). The third kappa shape index (κ3) is 6.65. The molecule has 0 aliphatic rings. The number of rotatable bonds is 9. The van der Waals surface area contributed by atoms with Gasteiger partial charge >= 0.3 is 0 Å². The van der Waals surface area contributed by atoms with Crippen molar-refractivity contribution in [2.45, 2.75) is 0 Å². The lowest BCUT2D eigenvalue weighted by Gasteiger charge is -2.29. The van der Waals surface area contributed by atoms with E-state index >= 15 is 0 Å². The highest BCUT2D eigenvalue weighted by molar-refractivity contribution is 6.09. The Hall–Kier alpha value is -8.20. The fourth-order valence-electron chi connectivity index (χ4n) is 9.23. The molecule has 2 nitrogen and oxygen atoms in total. The van der Waals surface area contributed by atoms with Crippen LogP contribution >= 0.6 is 0 Å². The molecule has 11 aromatic rings. The van der Waals surface area contributed by atoms with Gasteiger partial charge in [-0.1, -0.05) is 206 Å². The predicted molar refractivity (Wildman–Crippen MR) is 263 cm³/mol. The van der Waals surface area contributed by atoms with Gasteiger partial charge < -0.3 is 9.47 Å². The monoisotopic (exact) mass is 790 g/mol. The van der Waals surface area contributed by atoms with Crippen LogP contribution in [0.3, 0.4) is 0 Å². The highest BCUT2D eigenvalue weighted by atomic mass is 15.1. The van der Waals surface area contributed by atoms with Crippen LogP contribution in [0.5, 0.6) is 0 Å². The molecular weight excluding hydrogens is 749 g/mol. The molecule has 0 radical (unpaired) electrons. The Kier molecular flexibility index (Phi) is 9.57. The van der Waals surface area contributed by atoms with Crippen molar-refractivity contribution < 1.29 is 0 Å². The van der Waals surface area contributed by atoms with Gasteiger partial charge in [0.05, 0.1) is 16.7 Å². The van der Waals surface area contributed by atoms with Gasteiger partial charge in [-0.05, 0) is 98.6 Å². The zero-order valence-corrected chi connectivity index (χ0v) is 34.1. The number of para-hydroxylation sites is 3. The number of anilines is 3. The molecule has 0 saturated carbocycles. The van der Waals surface area contributed by atoms with Crippen molar-refractivity contribution >= 4 is 38.9 Å². The number of aromatic nitrogens is 1. The van der Waals surface area contributed by atoms with Crippen LogP contribution in [0.4, 0.5) is 17.1 Å². The molecule has 0 saturated heterocycles. The summed E-state index contributed by atoms with van der Waals surface area (Å²) in [5.74, 6) is 0. The van der Waals surface area contributed by atoms with E-state index in [1.54, 1.807) is 0 Å². The van der Waals surface area contributed by atoms with Crippen LogP contribution in [-0.4, -0.2) is 4.57 Å². The van der Waals surface area contributed by atoms with E-state index in [1.807, 2.05) is 0 Å². The minimum absolute atomic E-state index is 1.07. The van der Waals surface area contributed by atoms with Crippen LogP contribution in [0.1, 0.15) is 0 Å². The van der Waals surface area contributed by atoms with Gasteiger partial charge in [-0.3, -0.25) is 0 Å². The van der Waals surface area contributed by atoms with E-state index in [-0.39, 0.29) is 0 Å². The maximum atomic E-state index is 2.43. The number of hydrogen-bond donors (Lipinski definition) is 0. The molecule has 0 atom stereocenters. The van der Waals surface area contributed by atoms with E-state index in [4.69, 9.17) is 0 Å². The van der Waals surface area contributed by atoms with E-state index in [0.717, 1.165) is 28.3 Å². The molecule has 0 unspecified atom stereocenters. The third-order valence-electron chi connectivity index (χ3n) is 12.0. The van der Waals surface area contributed by atoms with Crippen molar-refractivity contribution in [1.29, 1.82) is 0 Å². The first-order chi connectivity index (χ1) is 30.8. The zero-order chi connectivity index (χ0) is 41.2. The van der Waals surface area contributed by atoms with Crippen molar-refractivity contribution in [2.24, 2.45) is 0 Å². The first kappa shape index (κ1) is 36.8. The summed E-state index contributed by atoms with van der Waals surface area (Å²) in [6.07, 6.45) is 0. The van der Waals surface area contributed by atoms with Gasteiger partial charge in [-0.25, -0.2) is 0 Å². The number of nitrogens with zero attached hydrogens (tertiary/aromatic N) is 2. The quantitative estimate of drug-likeness (QED) is 0.141. The molecule has 10 aromatic carbocycles. The van der Waals surface area contributed by atoms with E-state index in [1.165, 1.54) is 71.9 Å². The molecule has 0 amide bonds. The molecule has 0 spiro atoms. The number of benzene rings is 10. The third-order valence-corrected chi connectivity index (χ3v) is 12.0. The molecule has 62 heavy (non-hydrogen) atoms. The highest BCUT2D eigenvalue weighted by Gasteiger charge is 2.22. The second-order valence-electron chi connectivity index (χ2n) is 15.7. The zero-order valence-electron chi connectivity index (χ0n) is 34.1. The Balaban J connectivity index is 1.11. The summed E-state index contributed by atoms with van der Waals surface area (Å²) in [5.41, 5.74) is 18.6. The van der Waals surface area contributed by atoms with Crippen molar-refractivity contribution in [3.8, 4) is 61.3 Å². The van der Waals surface area contributed by atoms with Crippen molar-refractivity contribution in [3.63, 3.8) is 0 Å². The first-order valence-corrected chi connectivity index (χ1v) is 21.3. The molecule has 1 aromatic heterocycles. The van der Waals surface area contributed by atoms with E-state index in [0.29, 0.717) is 0 Å². The van der Waals surface area contributed by atoms with Gasteiger partial charge in [0.2, 0.25) is 0 Å². The van der Waals surface area contributed by atoms with Crippen LogP contribution in [0, 0.1) is 0 Å². The normalized spacial score (nSPS) is 11.2. The Bertz CT molecular complexity index is 3290. The largest absolute Gasteiger partial charge is 0.310 e. The van der Waals surface area contributed by atoms with Crippen molar-refractivity contribution in [2.75, 3.05) is 4.90 Å². The molecule has 2 heteroatoms. The maximum Gasteiger partial charge on any atom is 0.0541 e. The Morgan fingerprint density at radius 3 is 1.23 bits per heavy atom. The lowest BCUT2D eigenvalue weighted by molar-refractivity contribution is 1.17.